The lowest BCUT2D eigenvalue weighted by molar-refractivity contribution is 0.818. The van der Waals surface area contributed by atoms with Crippen LogP contribution in [-0.2, 0) is 19.5 Å². The average molecular weight is 323 g/mol. The second-order valence-electron chi connectivity index (χ2n) is 4.74. The third-order valence-corrected chi connectivity index (χ3v) is 5.44. The first kappa shape index (κ1) is 16.0. The van der Waals surface area contributed by atoms with Crippen LogP contribution in [-0.4, -0.2) is 18.0 Å². The van der Waals surface area contributed by atoms with Crippen LogP contribution in [0.25, 0.3) is 0 Å². The second kappa shape index (κ2) is 7.56. The molecule has 0 saturated carbocycles. The van der Waals surface area contributed by atoms with E-state index in [1.165, 1.54) is 14.6 Å². The number of thiophene rings is 1. The summed E-state index contributed by atoms with van der Waals surface area (Å²) < 4.78 is 0. The molecule has 0 amide bonds. The van der Waals surface area contributed by atoms with Crippen LogP contribution in [0.4, 0.5) is 0 Å². The van der Waals surface area contributed by atoms with Crippen LogP contribution in [0, 0.1) is 13.8 Å². The molecule has 0 radical (unpaired) electrons. The van der Waals surface area contributed by atoms with E-state index in [0.29, 0.717) is 0 Å². The summed E-state index contributed by atoms with van der Waals surface area (Å²) in [6, 6.07) is 4.38. The van der Waals surface area contributed by atoms with E-state index < -0.39 is 0 Å². The molecule has 0 aliphatic rings. The largest absolute Gasteiger partial charge is 0.352 e. The summed E-state index contributed by atoms with van der Waals surface area (Å²) in [4.78, 5) is 12.7. The second-order valence-corrected chi connectivity index (χ2v) is 7.28. The van der Waals surface area contributed by atoms with E-state index in [4.69, 9.17) is 0 Å². The van der Waals surface area contributed by atoms with E-state index in [1.807, 2.05) is 18.3 Å². The number of aryl methyl sites for hydroxylation is 3. The molecule has 4 nitrogen and oxygen atoms in total. The lowest BCUT2D eigenvalue weighted by atomic mass is 10.3. The summed E-state index contributed by atoms with van der Waals surface area (Å²) >= 11 is 3.59. The molecule has 0 aliphatic heterocycles. The molecule has 2 aromatic heterocycles. The van der Waals surface area contributed by atoms with Gasteiger partial charge in [-0.05, 0) is 32.4 Å². The number of nitrogens with one attached hydrogen (secondary N) is 2. The van der Waals surface area contributed by atoms with Crippen LogP contribution in [0.2, 0.25) is 0 Å². The SMILES string of the molecule is CCc1ccc(CNC(=NC)NCc2sc(C)nc2C)s1. The van der Waals surface area contributed by atoms with Gasteiger partial charge in [0.15, 0.2) is 5.96 Å². The standard InChI is InChI=1S/C15H22N4S2/c1-5-12-6-7-13(21-12)8-17-15(16-4)18-9-14-10(2)19-11(3)20-14/h6-7H,5,8-9H2,1-4H3,(H2,16,17,18). The summed E-state index contributed by atoms with van der Waals surface area (Å²) in [7, 11) is 1.80. The number of nitrogens with zero attached hydrogens (tertiary/aromatic N) is 2. The fourth-order valence-electron chi connectivity index (χ4n) is 2.00. The zero-order valence-corrected chi connectivity index (χ0v) is 14.6. The van der Waals surface area contributed by atoms with Crippen LogP contribution in [0.15, 0.2) is 17.1 Å². The third kappa shape index (κ3) is 4.54. The molecule has 0 fully saturated rings. The molecule has 2 heterocycles. The van der Waals surface area contributed by atoms with Crippen molar-refractivity contribution in [2.45, 2.75) is 40.3 Å². The van der Waals surface area contributed by atoms with Gasteiger partial charge in [-0.15, -0.1) is 22.7 Å². The number of thiazole rings is 1. The Kier molecular flexibility index (Phi) is 5.76. The van der Waals surface area contributed by atoms with Crippen LogP contribution in [0.5, 0.6) is 0 Å². The third-order valence-electron chi connectivity index (χ3n) is 3.14. The minimum atomic E-state index is 0.766. The van der Waals surface area contributed by atoms with E-state index in [-0.39, 0.29) is 0 Å². The van der Waals surface area contributed by atoms with Gasteiger partial charge in [-0.2, -0.15) is 0 Å². The molecule has 21 heavy (non-hydrogen) atoms. The first-order chi connectivity index (χ1) is 10.1. The molecule has 0 aromatic carbocycles. The molecule has 2 N–H and O–H groups in total. The summed E-state index contributed by atoms with van der Waals surface area (Å²) in [6.07, 6.45) is 1.10. The van der Waals surface area contributed by atoms with Gasteiger partial charge in [-0.3, -0.25) is 4.99 Å². The zero-order valence-electron chi connectivity index (χ0n) is 13.0. The lowest BCUT2D eigenvalue weighted by Gasteiger charge is -2.10. The molecule has 0 bridgehead atoms. The fraction of sp³-hybridized carbons (Fsp3) is 0.467. The maximum absolute atomic E-state index is 4.44. The Labute approximate surface area is 134 Å². The number of aliphatic imine (C=N–C) groups is 1. The predicted octanol–water partition coefficient (Wildman–Crippen LogP) is 3.25. The topological polar surface area (TPSA) is 49.3 Å². The maximum Gasteiger partial charge on any atom is 0.191 e. The monoisotopic (exact) mass is 322 g/mol. The number of rotatable bonds is 5. The number of aromatic nitrogens is 1. The highest BCUT2D eigenvalue weighted by Crippen LogP contribution is 2.17. The Morgan fingerprint density at radius 1 is 1.14 bits per heavy atom. The van der Waals surface area contributed by atoms with Crippen molar-refractivity contribution in [1.82, 2.24) is 15.6 Å². The molecule has 0 unspecified atom stereocenters. The summed E-state index contributed by atoms with van der Waals surface area (Å²) in [6.45, 7) is 7.85. The first-order valence-electron chi connectivity index (χ1n) is 7.07. The van der Waals surface area contributed by atoms with Gasteiger partial charge in [0.1, 0.15) is 0 Å². The van der Waals surface area contributed by atoms with Gasteiger partial charge in [-0.1, -0.05) is 6.92 Å². The smallest absolute Gasteiger partial charge is 0.191 e. The zero-order chi connectivity index (χ0) is 15.2. The van der Waals surface area contributed by atoms with Crippen molar-refractivity contribution in [3.8, 4) is 0 Å². The van der Waals surface area contributed by atoms with Gasteiger partial charge in [0.25, 0.3) is 0 Å². The quantitative estimate of drug-likeness (QED) is 0.656. The Morgan fingerprint density at radius 3 is 2.43 bits per heavy atom. The number of hydrogen-bond acceptors (Lipinski definition) is 4. The van der Waals surface area contributed by atoms with Crippen molar-refractivity contribution in [2.24, 2.45) is 4.99 Å². The molecule has 0 saturated heterocycles. The van der Waals surface area contributed by atoms with E-state index in [2.05, 4.69) is 46.6 Å². The highest BCUT2D eigenvalue weighted by Gasteiger charge is 2.06. The maximum atomic E-state index is 4.44. The first-order valence-corrected chi connectivity index (χ1v) is 8.70. The lowest BCUT2D eigenvalue weighted by Crippen LogP contribution is -2.36. The highest BCUT2D eigenvalue weighted by molar-refractivity contribution is 7.12. The van der Waals surface area contributed by atoms with Crippen molar-refractivity contribution in [3.63, 3.8) is 0 Å². The minimum absolute atomic E-state index is 0.766. The molecule has 0 spiro atoms. The van der Waals surface area contributed by atoms with Gasteiger partial charge >= 0.3 is 0 Å². The van der Waals surface area contributed by atoms with Crippen LogP contribution in [0.1, 0.15) is 32.3 Å². The number of hydrogen-bond donors (Lipinski definition) is 2. The Balaban J connectivity index is 1.84. The molecule has 2 aromatic rings. The van der Waals surface area contributed by atoms with E-state index in [0.717, 1.165) is 36.2 Å². The number of guanidine groups is 1. The van der Waals surface area contributed by atoms with Crippen LogP contribution >= 0.6 is 22.7 Å². The van der Waals surface area contributed by atoms with E-state index in [9.17, 15) is 0 Å². The molecule has 0 atom stereocenters. The Morgan fingerprint density at radius 2 is 1.86 bits per heavy atom. The summed E-state index contributed by atoms with van der Waals surface area (Å²) in [5, 5.41) is 7.81. The molecular weight excluding hydrogens is 300 g/mol. The van der Waals surface area contributed by atoms with E-state index >= 15 is 0 Å². The van der Waals surface area contributed by atoms with Crippen LogP contribution in [0.3, 0.4) is 0 Å². The van der Waals surface area contributed by atoms with Gasteiger partial charge in [0, 0.05) is 21.7 Å². The van der Waals surface area contributed by atoms with E-state index in [1.54, 1.807) is 18.4 Å². The van der Waals surface area contributed by atoms with Gasteiger partial charge in [0.05, 0.1) is 23.8 Å². The van der Waals surface area contributed by atoms with Crippen molar-refractivity contribution in [2.75, 3.05) is 7.05 Å². The fourth-order valence-corrected chi connectivity index (χ4v) is 3.77. The molecule has 114 valence electrons. The summed E-state index contributed by atoms with van der Waals surface area (Å²) in [5.41, 5.74) is 1.10. The average Bonchev–Trinajstić information content (AvgIpc) is 3.05. The normalized spacial score (nSPS) is 11.7. The van der Waals surface area contributed by atoms with Crippen molar-refractivity contribution < 1.29 is 0 Å². The van der Waals surface area contributed by atoms with Crippen LogP contribution < -0.4 is 10.6 Å². The van der Waals surface area contributed by atoms with Gasteiger partial charge in [-0.25, -0.2) is 4.98 Å². The molecule has 6 heteroatoms. The Hall–Kier alpha value is -1.40. The van der Waals surface area contributed by atoms with Gasteiger partial charge in [0.2, 0.25) is 0 Å². The van der Waals surface area contributed by atoms with Crippen molar-refractivity contribution in [1.29, 1.82) is 0 Å². The minimum Gasteiger partial charge on any atom is -0.352 e. The molecular formula is C15H22N4S2. The summed E-state index contributed by atoms with van der Waals surface area (Å²) in [5.74, 6) is 0.826. The molecule has 0 aliphatic carbocycles. The molecule has 2 rings (SSSR count). The van der Waals surface area contributed by atoms with Gasteiger partial charge < -0.3 is 10.6 Å². The van der Waals surface area contributed by atoms with Crippen molar-refractivity contribution >= 4 is 28.6 Å². The predicted molar refractivity (Wildman–Crippen MR) is 92.3 cm³/mol. The van der Waals surface area contributed by atoms with Crippen molar-refractivity contribution in [3.05, 3.63) is 37.5 Å². The Bertz CT molecular complexity index is 613. The highest BCUT2D eigenvalue weighted by atomic mass is 32.1.